The highest BCUT2D eigenvalue weighted by molar-refractivity contribution is 14.0. The van der Waals surface area contributed by atoms with Crippen LogP contribution in [0.1, 0.15) is 19.7 Å². The molecule has 2 aromatic rings. The molecule has 0 radical (unpaired) electrons. The largest absolute Gasteiger partial charge is 0.375 e. The molecule has 1 atom stereocenters. The van der Waals surface area contributed by atoms with E-state index < -0.39 is 0 Å². The smallest absolute Gasteiger partial charge is 0.191 e. The van der Waals surface area contributed by atoms with Crippen molar-refractivity contribution in [3.8, 4) is 0 Å². The monoisotopic (exact) mass is 507 g/mol. The van der Waals surface area contributed by atoms with Crippen molar-refractivity contribution in [2.45, 2.75) is 33.0 Å². The maximum absolute atomic E-state index is 6.14. The molecule has 3 rings (SSSR count). The molecule has 6 nitrogen and oxygen atoms in total. The standard InChI is InChI=1S/C16H22BrN5O.HI/c1-3-22-14-5-4-12(17)8-13(14)20-15(22)9-19-16(18)21-6-7-23-11(2)10-21;/h4-5,8,11H,3,6-7,9-10H2,1-2H3,(H2,18,19);1H. The number of aryl methyl sites for hydroxylation is 1. The Kier molecular flexibility index (Phi) is 6.88. The van der Waals surface area contributed by atoms with E-state index in [-0.39, 0.29) is 30.1 Å². The molecule has 8 heteroatoms. The molecule has 0 aliphatic carbocycles. The van der Waals surface area contributed by atoms with Crippen LogP contribution in [-0.4, -0.2) is 46.2 Å². The first-order valence-electron chi connectivity index (χ1n) is 7.89. The summed E-state index contributed by atoms with van der Waals surface area (Å²) in [5.74, 6) is 1.50. The van der Waals surface area contributed by atoms with Gasteiger partial charge in [0, 0.05) is 24.1 Å². The number of nitrogens with two attached hydrogens (primary N) is 1. The highest BCUT2D eigenvalue weighted by atomic mass is 127. The van der Waals surface area contributed by atoms with Gasteiger partial charge in [-0.15, -0.1) is 24.0 Å². The lowest BCUT2D eigenvalue weighted by Gasteiger charge is -2.31. The molecule has 132 valence electrons. The molecule has 1 saturated heterocycles. The average Bonchev–Trinajstić information content (AvgIpc) is 2.89. The van der Waals surface area contributed by atoms with Gasteiger partial charge in [0.1, 0.15) is 12.4 Å². The Morgan fingerprint density at radius 3 is 3.00 bits per heavy atom. The zero-order chi connectivity index (χ0) is 16.4. The average molecular weight is 508 g/mol. The summed E-state index contributed by atoms with van der Waals surface area (Å²) in [4.78, 5) is 11.3. The lowest BCUT2D eigenvalue weighted by Crippen LogP contribution is -2.47. The normalized spacial score (nSPS) is 18.7. The summed E-state index contributed by atoms with van der Waals surface area (Å²) in [5.41, 5.74) is 8.25. The molecule has 24 heavy (non-hydrogen) atoms. The molecule has 0 amide bonds. The minimum atomic E-state index is 0. The predicted molar refractivity (Wildman–Crippen MR) is 111 cm³/mol. The highest BCUT2D eigenvalue weighted by Gasteiger charge is 2.18. The van der Waals surface area contributed by atoms with Crippen LogP contribution in [0.4, 0.5) is 0 Å². The van der Waals surface area contributed by atoms with E-state index in [4.69, 9.17) is 15.5 Å². The number of aromatic nitrogens is 2. The van der Waals surface area contributed by atoms with Crippen LogP contribution in [0.5, 0.6) is 0 Å². The summed E-state index contributed by atoms with van der Waals surface area (Å²) in [6.45, 7) is 7.77. The molecule has 1 unspecified atom stereocenters. The van der Waals surface area contributed by atoms with Gasteiger partial charge in [-0.05, 0) is 32.0 Å². The van der Waals surface area contributed by atoms with Crippen LogP contribution >= 0.6 is 39.9 Å². The van der Waals surface area contributed by atoms with E-state index in [1.54, 1.807) is 0 Å². The second-order valence-electron chi connectivity index (χ2n) is 5.71. The van der Waals surface area contributed by atoms with Crippen LogP contribution in [-0.2, 0) is 17.8 Å². The van der Waals surface area contributed by atoms with Crippen LogP contribution in [0.15, 0.2) is 27.7 Å². The maximum atomic E-state index is 6.14. The van der Waals surface area contributed by atoms with E-state index >= 15 is 0 Å². The maximum Gasteiger partial charge on any atom is 0.191 e. The number of imidazole rings is 1. The topological polar surface area (TPSA) is 68.7 Å². The summed E-state index contributed by atoms with van der Waals surface area (Å²) < 4.78 is 8.75. The Morgan fingerprint density at radius 2 is 2.29 bits per heavy atom. The number of benzene rings is 1. The molecular formula is C16H23BrIN5O. The van der Waals surface area contributed by atoms with Crippen LogP contribution < -0.4 is 5.73 Å². The molecule has 0 saturated carbocycles. The first-order chi connectivity index (χ1) is 11.1. The highest BCUT2D eigenvalue weighted by Crippen LogP contribution is 2.21. The summed E-state index contributed by atoms with van der Waals surface area (Å²) >= 11 is 3.49. The Balaban J connectivity index is 0.00000208. The Hall–Kier alpha value is -0.870. The molecular weight excluding hydrogens is 485 g/mol. The Labute approximate surface area is 167 Å². The minimum Gasteiger partial charge on any atom is -0.375 e. The Bertz CT molecular complexity index is 733. The summed E-state index contributed by atoms with van der Waals surface area (Å²) in [5, 5.41) is 0. The van der Waals surface area contributed by atoms with Crippen molar-refractivity contribution in [3.63, 3.8) is 0 Å². The fourth-order valence-corrected chi connectivity index (χ4v) is 3.25. The molecule has 1 aliphatic rings. The fraction of sp³-hybridized carbons (Fsp3) is 0.500. The fourth-order valence-electron chi connectivity index (χ4n) is 2.90. The van der Waals surface area contributed by atoms with Crippen LogP contribution in [0.25, 0.3) is 11.0 Å². The number of morpholine rings is 1. The van der Waals surface area contributed by atoms with Gasteiger partial charge in [-0.25, -0.2) is 9.98 Å². The van der Waals surface area contributed by atoms with Crippen LogP contribution in [0.3, 0.4) is 0 Å². The van der Waals surface area contributed by atoms with E-state index in [1.807, 2.05) is 19.1 Å². The van der Waals surface area contributed by atoms with Crippen molar-refractivity contribution in [3.05, 3.63) is 28.5 Å². The number of guanidine groups is 1. The lowest BCUT2D eigenvalue weighted by molar-refractivity contribution is 0.00528. The molecule has 1 fully saturated rings. The number of fused-ring (bicyclic) bond motifs is 1. The van der Waals surface area contributed by atoms with Crippen molar-refractivity contribution < 1.29 is 4.74 Å². The van der Waals surface area contributed by atoms with Crippen molar-refractivity contribution in [2.24, 2.45) is 10.7 Å². The predicted octanol–water partition coefficient (Wildman–Crippen LogP) is 2.97. The van der Waals surface area contributed by atoms with Gasteiger partial charge in [0.15, 0.2) is 5.96 Å². The number of halogens is 2. The molecule has 0 bridgehead atoms. The minimum absolute atomic E-state index is 0. The van der Waals surface area contributed by atoms with E-state index in [0.29, 0.717) is 19.1 Å². The van der Waals surface area contributed by atoms with Gasteiger partial charge < -0.3 is 19.9 Å². The van der Waals surface area contributed by atoms with Gasteiger partial charge in [-0.3, -0.25) is 0 Å². The van der Waals surface area contributed by atoms with Crippen molar-refractivity contribution in [1.29, 1.82) is 0 Å². The number of aliphatic imine (C=N–C) groups is 1. The SMILES string of the molecule is CCn1c(CN=C(N)N2CCOC(C)C2)nc2cc(Br)ccc21.I. The van der Waals surface area contributed by atoms with Gasteiger partial charge in [-0.2, -0.15) is 0 Å². The zero-order valence-electron chi connectivity index (χ0n) is 13.9. The summed E-state index contributed by atoms with van der Waals surface area (Å²) in [7, 11) is 0. The number of hydrogen-bond donors (Lipinski definition) is 1. The molecule has 2 heterocycles. The molecule has 1 aromatic heterocycles. The molecule has 1 aliphatic heterocycles. The van der Waals surface area contributed by atoms with Crippen molar-refractivity contribution in [2.75, 3.05) is 19.7 Å². The summed E-state index contributed by atoms with van der Waals surface area (Å²) in [6, 6.07) is 6.14. The molecule has 1 aromatic carbocycles. The lowest BCUT2D eigenvalue weighted by atomic mass is 10.3. The van der Waals surface area contributed by atoms with Gasteiger partial charge in [0.05, 0.1) is 23.7 Å². The second-order valence-corrected chi connectivity index (χ2v) is 6.62. The van der Waals surface area contributed by atoms with Gasteiger partial charge >= 0.3 is 0 Å². The van der Waals surface area contributed by atoms with E-state index in [1.165, 1.54) is 0 Å². The van der Waals surface area contributed by atoms with Crippen molar-refractivity contribution >= 4 is 56.9 Å². The number of hydrogen-bond acceptors (Lipinski definition) is 3. The van der Waals surface area contributed by atoms with E-state index in [9.17, 15) is 0 Å². The molecule has 2 N–H and O–H groups in total. The Morgan fingerprint density at radius 1 is 1.50 bits per heavy atom. The third-order valence-corrected chi connectivity index (χ3v) is 4.55. The van der Waals surface area contributed by atoms with Crippen molar-refractivity contribution in [1.82, 2.24) is 14.5 Å². The second kappa shape index (κ2) is 8.48. The van der Waals surface area contributed by atoms with E-state index in [0.717, 1.165) is 41.0 Å². The zero-order valence-corrected chi connectivity index (χ0v) is 17.8. The number of ether oxygens (including phenoxy) is 1. The van der Waals surface area contributed by atoms with Crippen LogP contribution in [0.2, 0.25) is 0 Å². The van der Waals surface area contributed by atoms with E-state index in [2.05, 4.69) is 43.4 Å². The van der Waals surface area contributed by atoms with Crippen LogP contribution in [0, 0.1) is 0 Å². The van der Waals surface area contributed by atoms with Gasteiger partial charge in [0.2, 0.25) is 0 Å². The van der Waals surface area contributed by atoms with Gasteiger partial charge in [0.25, 0.3) is 0 Å². The van der Waals surface area contributed by atoms with Gasteiger partial charge in [-0.1, -0.05) is 15.9 Å². The first kappa shape index (κ1) is 19.5. The number of rotatable bonds is 3. The molecule has 0 spiro atoms. The third-order valence-electron chi connectivity index (χ3n) is 4.05. The third kappa shape index (κ3) is 4.20. The summed E-state index contributed by atoms with van der Waals surface area (Å²) in [6.07, 6.45) is 0.190. The number of nitrogens with zero attached hydrogens (tertiary/aromatic N) is 4. The first-order valence-corrected chi connectivity index (χ1v) is 8.69. The quantitative estimate of drug-likeness (QED) is 0.394.